The van der Waals surface area contributed by atoms with Crippen molar-refractivity contribution in [2.24, 2.45) is 0 Å². The largest absolute Gasteiger partial charge is 0.337 e. The highest BCUT2D eigenvalue weighted by molar-refractivity contribution is 5.89. The molecule has 1 aliphatic heterocycles. The van der Waals surface area contributed by atoms with E-state index < -0.39 is 0 Å². The van der Waals surface area contributed by atoms with Crippen molar-refractivity contribution in [2.45, 2.75) is 45.2 Å². The Hall–Kier alpha value is -3.09. The number of carbonyl (C=O) groups is 1. The number of nitrogens with one attached hydrogen (secondary N) is 1. The van der Waals surface area contributed by atoms with Gasteiger partial charge in [-0.25, -0.2) is 14.8 Å². The summed E-state index contributed by atoms with van der Waals surface area (Å²) in [4.78, 5) is 23.2. The Morgan fingerprint density at radius 2 is 2.04 bits per heavy atom. The molecule has 2 aromatic heterocycles. The Kier molecular flexibility index (Phi) is 5.41. The molecular weight excluding hydrogens is 352 g/mol. The van der Waals surface area contributed by atoms with E-state index in [9.17, 15) is 4.79 Å². The summed E-state index contributed by atoms with van der Waals surface area (Å²) < 4.78 is 4.09. The molecule has 0 radical (unpaired) electrons. The van der Waals surface area contributed by atoms with Crippen molar-refractivity contribution < 1.29 is 4.79 Å². The van der Waals surface area contributed by atoms with Gasteiger partial charge in [-0.3, -0.25) is 0 Å². The maximum atomic E-state index is 12.9. The molecule has 7 heteroatoms. The van der Waals surface area contributed by atoms with Crippen molar-refractivity contribution in [1.82, 2.24) is 24.0 Å². The Bertz CT molecular complexity index is 899. The van der Waals surface area contributed by atoms with E-state index in [1.807, 2.05) is 59.4 Å². The summed E-state index contributed by atoms with van der Waals surface area (Å²) in [5.74, 6) is 0.936. The molecule has 3 aromatic rings. The van der Waals surface area contributed by atoms with E-state index in [4.69, 9.17) is 0 Å². The van der Waals surface area contributed by atoms with Gasteiger partial charge < -0.3 is 19.4 Å². The molecule has 28 heavy (non-hydrogen) atoms. The van der Waals surface area contributed by atoms with Crippen molar-refractivity contribution in [3.8, 4) is 5.69 Å². The fraction of sp³-hybridized carbons (Fsp3) is 0.381. The molecule has 0 spiro atoms. The van der Waals surface area contributed by atoms with E-state index >= 15 is 0 Å². The van der Waals surface area contributed by atoms with Gasteiger partial charge in [0, 0.05) is 55.3 Å². The van der Waals surface area contributed by atoms with Crippen molar-refractivity contribution in [1.29, 1.82) is 0 Å². The summed E-state index contributed by atoms with van der Waals surface area (Å²) in [6.07, 6.45) is 13.6. The summed E-state index contributed by atoms with van der Waals surface area (Å²) in [5, 5.41) is 3.06. The predicted molar refractivity (Wildman–Crippen MR) is 109 cm³/mol. The highest BCUT2D eigenvalue weighted by Gasteiger charge is 2.26. The highest BCUT2D eigenvalue weighted by atomic mass is 16.2. The maximum Gasteiger partial charge on any atom is 0.322 e. The molecular formula is C21H26N6O. The molecule has 0 unspecified atom stereocenters. The van der Waals surface area contributed by atoms with Crippen LogP contribution in [0, 0.1) is 6.92 Å². The number of benzene rings is 1. The number of rotatable bonds is 5. The molecule has 1 N–H and O–H groups in total. The van der Waals surface area contributed by atoms with E-state index in [2.05, 4.69) is 19.9 Å². The summed E-state index contributed by atoms with van der Waals surface area (Å²) in [6.45, 7) is 3.66. The first-order valence-electron chi connectivity index (χ1n) is 9.84. The van der Waals surface area contributed by atoms with Gasteiger partial charge in [-0.1, -0.05) is 0 Å². The number of urea groups is 1. The maximum absolute atomic E-state index is 12.9. The summed E-state index contributed by atoms with van der Waals surface area (Å²) >= 11 is 0. The average Bonchev–Trinajstić information content (AvgIpc) is 3.39. The van der Waals surface area contributed by atoms with Crippen LogP contribution in [0.15, 0.2) is 55.4 Å². The molecule has 1 atom stereocenters. The van der Waals surface area contributed by atoms with Crippen molar-refractivity contribution in [3.05, 3.63) is 61.2 Å². The minimum absolute atomic E-state index is 0.0121. The number of likely N-dealkylation sites (tertiary alicyclic amines) is 1. The van der Waals surface area contributed by atoms with Crippen LogP contribution in [0.5, 0.6) is 0 Å². The third-order valence-electron chi connectivity index (χ3n) is 5.39. The second-order valence-corrected chi connectivity index (χ2v) is 7.25. The van der Waals surface area contributed by atoms with Crippen LogP contribution in [-0.4, -0.2) is 42.6 Å². The fourth-order valence-electron chi connectivity index (χ4n) is 3.84. The minimum atomic E-state index is -0.0121. The molecule has 1 saturated heterocycles. The Morgan fingerprint density at radius 3 is 2.75 bits per heavy atom. The number of anilines is 1. The SMILES string of the molecule is Cc1nccn1-c1ccc(NC(=O)N2CCCC[C@@H]2CCn2ccnc2)cc1. The molecule has 3 heterocycles. The number of piperidine rings is 1. The van der Waals surface area contributed by atoms with Crippen molar-refractivity contribution in [3.63, 3.8) is 0 Å². The second kappa shape index (κ2) is 8.29. The van der Waals surface area contributed by atoms with Gasteiger partial charge in [0.1, 0.15) is 5.82 Å². The lowest BCUT2D eigenvalue weighted by Crippen LogP contribution is -2.46. The third kappa shape index (κ3) is 4.08. The Balaban J connectivity index is 1.39. The lowest BCUT2D eigenvalue weighted by Gasteiger charge is -2.36. The summed E-state index contributed by atoms with van der Waals surface area (Å²) in [5.41, 5.74) is 1.84. The number of imidazole rings is 2. The van der Waals surface area contributed by atoms with Crippen LogP contribution in [0.4, 0.5) is 10.5 Å². The van der Waals surface area contributed by atoms with E-state index in [0.717, 1.165) is 49.6 Å². The number of hydrogen-bond donors (Lipinski definition) is 1. The van der Waals surface area contributed by atoms with Gasteiger partial charge in [-0.2, -0.15) is 0 Å². The minimum Gasteiger partial charge on any atom is -0.337 e. The van der Waals surface area contributed by atoms with Gasteiger partial charge in [0.15, 0.2) is 0 Å². The average molecular weight is 378 g/mol. The molecule has 1 aromatic carbocycles. The lowest BCUT2D eigenvalue weighted by atomic mass is 10.00. The fourth-order valence-corrected chi connectivity index (χ4v) is 3.84. The summed E-state index contributed by atoms with van der Waals surface area (Å²) in [7, 11) is 0. The van der Waals surface area contributed by atoms with Crippen molar-refractivity contribution in [2.75, 3.05) is 11.9 Å². The molecule has 0 saturated carbocycles. The molecule has 1 aliphatic rings. The third-order valence-corrected chi connectivity index (χ3v) is 5.39. The zero-order valence-corrected chi connectivity index (χ0v) is 16.2. The first kappa shape index (κ1) is 18.3. The topological polar surface area (TPSA) is 68.0 Å². The van der Waals surface area contributed by atoms with Gasteiger partial charge in [-0.15, -0.1) is 0 Å². The molecule has 1 fully saturated rings. The number of amides is 2. The van der Waals surface area contributed by atoms with Crippen LogP contribution in [0.25, 0.3) is 5.69 Å². The first-order chi connectivity index (χ1) is 13.7. The zero-order chi connectivity index (χ0) is 19.3. The van der Waals surface area contributed by atoms with Gasteiger partial charge in [0.05, 0.1) is 6.33 Å². The van der Waals surface area contributed by atoms with Crippen LogP contribution < -0.4 is 5.32 Å². The van der Waals surface area contributed by atoms with Crippen LogP contribution in [0.2, 0.25) is 0 Å². The number of aromatic nitrogens is 4. The highest BCUT2D eigenvalue weighted by Crippen LogP contribution is 2.22. The first-order valence-corrected chi connectivity index (χ1v) is 9.84. The van der Waals surface area contributed by atoms with E-state index in [-0.39, 0.29) is 12.1 Å². The number of hydrogen-bond acceptors (Lipinski definition) is 3. The normalized spacial score (nSPS) is 16.9. The molecule has 0 aliphatic carbocycles. The van der Waals surface area contributed by atoms with Gasteiger partial charge in [-0.05, 0) is 56.9 Å². The quantitative estimate of drug-likeness (QED) is 0.733. The zero-order valence-electron chi connectivity index (χ0n) is 16.2. The number of nitrogens with zero attached hydrogens (tertiary/aromatic N) is 5. The van der Waals surface area contributed by atoms with Crippen LogP contribution in [0.1, 0.15) is 31.5 Å². The smallest absolute Gasteiger partial charge is 0.322 e. The van der Waals surface area contributed by atoms with E-state index in [0.29, 0.717) is 0 Å². The number of aryl methyl sites for hydroxylation is 2. The van der Waals surface area contributed by atoms with Gasteiger partial charge in [0.2, 0.25) is 0 Å². The van der Waals surface area contributed by atoms with Gasteiger partial charge in [0.25, 0.3) is 0 Å². The Morgan fingerprint density at radius 1 is 1.18 bits per heavy atom. The van der Waals surface area contributed by atoms with Crippen LogP contribution >= 0.6 is 0 Å². The van der Waals surface area contributed by atoms with Crippen LogP contribution in [0.3, 0.4) is 0 Å². The monoisotopic (exact) mass is 378 g/mol. The molecule has 146 valence electrons. The van der Waals surface area contributed by atoms with Crippen molar-refractivity contribution >= 4 is 11.7 Å². The predicted octanol–water partition coefficient (Wildman–Crippen LogP) is 3.85. The number of carbonyl (C=O) groups excluding carboxylic acids is 1. The van der Waals surface area contributed by atoms with E-state index in [1.165, 1.54) is 6.42 Å². The Labute approximate surface area is 165 Å². The van der Waals surface area contributed by atoms with E-state index in [1.54, 1.807) is 12.4 Å². The molecule has 0 bridgehead atoms. The molecule has 4 rings (SSSR count). The summed E-state index contributed by atoms with van der Waals surface area (Å²) in [6, 6.07) is 8.13. The lowest BCUT2D eigenvalue weighted by molar-refractivity contribution is 0.155. The van der Waals surface area contributed by atoms with Gasteiger partial charge >= 0.3 is 6.03 Å². The second-order valence-electron chi connectivity index (χ2n) is 7.25. The van der Waals surface area contributed by atoms with Crippen LogP contribution in [-0.2, 0) is 6.54 Å². The molecule has 7 nitrogen and oxygen atoms in total. The standard InChI is InChI=1S/C21H26N6O/c1-17-23-11-15-26(17)20-7-5-18(6-8-20)24-21(28)27-12-3-2-4-19(27)9-13-25-14-10-22-16-25/h5-8,10-11,14-16,19H,2-4,9,12-13H2,1H3,(H,24,28)/t19-/m1/s1. The molecule has 2 amide bonds.